The molecule has 0 aliphatic rings. The van der Waals surface area contributed by atoms with E-state index in [2.05, 4.69) is 29.4 Å². The number of nitrogens with one attached hydrogen (secondary N) is 1. The van der Waals surface area contributed by atoms with E-state index < -0.39 is 0 Å². The fraction of sp³-hybridized carbons (Fsp3) is 0.308. The summed E-state index contributed by atoms with van der Waals surface area (Å²) in [5.74, 6) is 0.884. The second kappa shape index (κ2) is 5.19. The van der Waals surface area contributed by atoms with Crippen molar-refractivity contribution in [3.63, 3.8) is 0 Å². The molecule has 0 saturated carbocycles. The summed E-state index contributed by atoms with van der Waals surface area (Å²) in [6.07, 6.45) is 0. The Kier molecular flexibility index (Phi) is 3.64. The minimum absolute atomic E-state index is 0.788. The first-order valence-electron chi connectivity index (χ1n) is 5.50. The third-order valence-corrected chi connectivity index (χ3v) is 3.66. The number of aryl methyl sites for hydroxylation is 2. The van der Waals surface area contributed by atoms with Crippen molar-refractivity contribution in [1.29, 1.82) is 0 Å². The largest absolute Gasteiger partial charge is 0.497 e. The lowest BCUT2D eigenvalue weighted by Crippen LogP contribution is -1.98. The Bertz CT molecular complexity index is 471. The Labute approximate surface area is 105 Å². The normalized spacial score (nSPS) is 10.3. The van der Waals surface area contributed by atoms with Crippen LogP contribution < -0.4 is 10.1 Å². The topological polar surface area (TPSA) is 34.1 Å². The van der Waals surface area contributed by atoms with Gasteiger partial charge in [-0.3, -0.25) is 0 Å². The number of anilines is 1. The highest BCUT2D eigenvalue weighted by Gasteiger charge is 2.02. The lowest BCUT2D eigenvalue weighted by Gasteiger charge is -2.04. The second-order valence-electron chi connectivity index (χ2n) is 3.86. The molecular formula is C13H16N2OS. The molecule has 0 fully saturated rings. The van der Waals surface area contributed by atoms with E-state index in [1.54, 1.807) is 18.4 Å². The van der Waals surface area contributed by atoms with E-state index in [1.807, 2.05) is 19.1 Å². The molecule has 4 heteroatoms. The van der Waals surface area contributed by atoms with Crippen LogP contribution in [-0.2, 0) is 6.54 Å². The van der Waals surface area contributed by atoms with Crippen molar-refractivity contribution in [3.8, 4) is 5.75 Å². The van der Waals surface area contributed by atoms with Gasteiger partial charge in [0.15, 0.2) is 5.13 Å². The third kappa shape index (κ3) is 2.97. The fourth-order valence-electron chi connectivity index (χ4n) is 1.47. The molecule has 90 valence electrons. The van der Waals surface area contributed by atoms with Gasteiger partial charge in [0.05, 0.1) is 12.8 Å². The van der Waals surface area contributed by atoms with Crippen LogP contribution in [0.15, 0.2) is 24.3 Å². The van der Waals surface area contributed by atoms with Crippen molar-refractivity contribution < 1.29 is 4.74 Å². The monoisotopic (exact) mass is 248 g/mol. The summed E-state index contributed by atoms with van der Waals surface area (Å²) >= 11 is 1.69. The van der Waals surface area contributed by atoms with E-state index in [1.165, 1.54) is 10.4 Å². The minimum atomic E-state index is 0.788. The highest BCUT2D eigenvalue weighted by Crippen LogP contribution is 2.21. The van der Waals surface area contributed by atoms with Crippen LogP contribution in [0, 0.1) is 13.8 Å². The van der Waals surface area contributed by atoms with E-state index >= 15 is 0 Å². The Hall–Kier alpha value is -1.55. The molecular weight excluding hydrogens is 232 g/mol. The third-order valence-electron chi connectivity index (χ3n) is 2.63. The summed E-state index contributed by atoms with van der Waals surface area (Å²) in [4.78, 5) is 5.71. The van der Waals surface area contributed by atoms with E-state index in [9.17, 15) is 0 Å². The first-order chi connectivity index (χ1) is 8.19. The van der Waals surface area contributed by atoms with Crippen molar-refractivity contribution in [3.05, 3.63) is 40.4 Å². The van der Waals surface area contributed by atoms with Gasteiger partial charge >= 0.3 is 0 Å². The summed E-state index contributed by atoms with van der Waals surface area (Å²) in [7, 11) is 1.67. The van der Waals surface area contributed by atoms with Crippen LogP contribution in [0.1, 0.15) is 16.1 Å². The number of ether oxygens (including phenoxy) is 1. The van der Waals surface area contributed by atoms with Crippen LogP contribution in [-0.4, -0.2) is 12.1 Å². The van der Waals surface area contributed by atoms with Gasteiger partial charge in [-0.2, -0.15) is 0 Å². The quantitative estimate of drug-likeness (QED) is 0.900. The smallest absolute Gasteiger partial charge is 0.183 e. The molecule has 1 aromatic carbocycles. The molecule has 0 aliphatic heterocycles. The van der Waals surface area contributed by atoms with Gasteiger partial charge < -0.3 is 10.1 Å². The number of hydrogen-bond acceptors (Lipinski definition) is 4. The fourth-order valence-corrected chi connectivity index (χ4v) is 2.28. The molecule has 1 aromatic heterocycles. The van der Waals surface area contributed by atoms with E-state index in [0.717, 1.165) is 23.1 Å². The molecule has 3 nitrogen and oxygen atoms in total. The predicted molar refractivity (Wildman–Crippen MR) is 71.9 cm³/mol. The lowest BCUT2D eigenvalue weighted by molar-refractivity contribution is 0.414. The zero-order chi connectivity index (χ0) is 12.3. The van der Waals surface area contributed by atoms with Gasteiger partial charge in [0.25, 0.3) is 0 Å². The SMILES string of the molecule is COc1ccc(CNc2nc(C)c(C)s2)cc1. The predicted octanol–water partition coefficient (Wildman–Crippen LogP) is 3.38. The first kappa shape index (κ1) is 11.9. The van der Waals surface area contributed by atoms with Gasteiger partial charge in [-0.25, -0.2) is 4.98 Å². The molecule has 1 N–H and O–H groups in total. The molecule has 0 spiro atoms. The highest BCUT2D eigenvalue weighted by atomic mass is 32.1. The van der Waals surface area contributed by atoms with Crippen molar-refractivity contribution in [2.75, 3.05) is 12.4 Å². The summed E-state index contributed by atoms with van der Waals surface area (Å²) in [5, 5.41) is 4.31. The molecule has 0 bridgehead atoms. The van der Waals surface area contributed by atoms with Crippen LogP contribution in [0.5, 0.6) is 5.75 Å². The average molecular weight is 248 g/mol. The van der Waals surface area contributed by atoms with Crippen molar-refractivity contribution >= 4 is 16.5 Å². The van der Waals surface area contributed by atoms with E-state index in [0.29, 0.717) is 0 Å². The van der Waals surface area contributed by atoms with Crippen molar-refractivity contribution in [1.82, 2.24) is 4.98 Å². The zero-order valence-electron chi connectivity index (χ0n) is 10.3. The standard InChI is InChI=1S/C13H16N2OS/c1-9-10(2)17-13(15-9)14-8-11-4-6-12(16-3)7-5-11/h4-7H,8H2,1-3H3,(H,14,15). The van der Waals surface area contributed by atoms with E-state index in [-0.39, 0.29) is 0 Å². The van der Waals surface area contributed by atoms with Crippen molar-refractivity contribution in [2.24, 2.45) is 0 Å². The Balaban J connectivity index is 1.97. The number of hydrogen-bond donors (Lipinski definition) is 1. The lowest BCUT2D eigenvalue weighted by atomic mass is 10.2. The summed E-state index contributed by atoms with van der Waals surface area (Å²) < 4.78 is 5.12. The summed E-state index contributed by atoms with van der Waals surface area (Å²) in [6, 6.07) is 8.04. The highest BCUT2D eigenvalue weighted by molar-refractivity contribution is 7.15. The maximum absolute atomic E-state index is 5.12. The molecule has 0 radical (unpaired) electrons. The van der Waals surface area contributed by atoms with Gasteiger partial charge in [0, 0.05) is 11.4 Å². The van der Waals surface area contributed by atoms with Gasteiger partial charge in [-0.15, -0.1) is 11.3 Å². The van der Waals surface area contributed by atoms with Gasteiger partial charge in [-0.1, -0.05) is 12.1 Å². The van der Waals surface area contributed by atoms with Gasteiger partial charge in [0.2, 0.25) is 0 Å². The van der Waals surface area contributed by atoms with Crippen LogP contribution in [0.3, 0.4) is 0 Å². The average Bonchev–Trinajstić information content (AvgIpc) is 2.67. The number of benzene rings is 1. The van der Waals surface area contributed by atoms with Gasteiger partial charge in [0.1, 0.15) is 5.75 Å². The molecule has 0 aliphatic carbocycles. The van der Waals surface area contributed by atoms with E-state index in [4.69, 9.17) is 4.74 Å². The molecule has 17 heavy (non-hydrogen) atoms. The van der Waals surface area contributed by atoms with Crippen LogP contribution in [0.25, 0.3) is 0 Å². The van der Waals surface area contributed by atoms with Crippen LogP contribution in [0.2, 0.25) is 0 Å². The van der Waals surface area contributed by atoms with Crippen LogP contribution in [0.4, 0.5) is 5.13 Å². The Morgan fingerprint density at radius 2 is 1.94 bits per heavy atom. The zero-order valence-corrected chi connectivity index (χ0v) is 11.1. The van der Waals surface area contributed by atoms with Crippen LogP contribution >= 0.6 is 11.3 Å². The minimum Gasteiger partial charge on any atom is -0.497 e. The summed E-state index contributed by atoms with van der Waals surface area (Å²) in [5.41, 5.74) is 2.32. The Morgan fingerprint density at radius 1 is 1.24 bits per heavy atom. The number of thiazole rings is 1. The number of rotatable bonds is 4. The second-order valence-corrected chi connectivity index (χ2v) is 5.07. The molecule has 2 rings (SSSR count). The maximum Gasteiger partial charge on any atom is 0.183 e. The van der Waals surface area contributed by atoms with Gasteiger partial charge in [-0.05, 0) is 31.5 Å². The summed E-state index contributed by atoms with van der Waals surface area (Å²) in [6.45, 7) is 4.91. The number of methoxy groups -OCH3 is 1. The number of nitrogens with zero attached hydrogens (tertiary/aromatic N) is 1. The molecule has 0 atom stereocenters. The first-order valence-corrected chi connectivity index (χ1v) is 6.31. The molecule has 0 amide bonds. The molecule has 1 heterocycles. The Morgan fingerprint density at radius 3 is 2.47 bits per heavy atom. The molecule has 2 aromatic rings. The molecule has 0 saturated heterocycles. The maximum atomic E-state index is 5.12. The molecule has 0 unspecified atom stereocenters. The van der Waals surface area contributed by atoms with Crippen molar-refractivity contribution in [2.45, 2.75) is 20.4 Å². The number of aromatic nitrogens is 1.